The molecule has 0 atom stereocenters. The van der Waals surface area contributed by atoms with Gasteiger partial charge in [0.1, 0.15) is 0 Å². The molecule has 0 saturated carbocycles. The van der Waals surface area contributed by atoms with Crippen LogP contribution in [0.4, 0.5) is 13.2 Å². The lowest BCUT2D eigenvalue weighted by Gasteiger charge is -2.10. The number of nitrogens with zero attached hydrogens (tertiary/aromatic N) is 2. The number of carboxylic acid groups (broad SMARTS) is 1. The van der Waals surface area contributed by atoms with E-state index in [2.05, 4.69) is 4.98 Å². The number of imidazole rings is 1. The van der Waals surface area contributed by atoms with Crippen LogP contribution in [0.2, 0.25) is 10.0 Å². The Morgan fingerprint density at radius 2 is 1.51 bits per heavy atom. The van der Waals surface area contributed by atoms with Gasteiger partial charge in [-0.15, -0.1) is 0 Å². The number of hydrogen-bond donors (Lipinski definition) is 1. The van der Waals surface area contributed by atoms with Crippen molar-refractivity contribution in [3.63, 3.8) is 0 Å². The molecule has 5 nitrogen and oxygen atoms in total. The van der Waals surface area contributed by atoms with Gasteiger partial charge in [0, 0.05) is 28.9 Å². The lowest BCUT2D eigenvalue weighted by atomic mass is 10.0. The molecule has 4 aromatic carbocycles. The number of benzene rings is 4. The van der Waals surface area contributed by atoms with Crippen molar-refractivity contribution in [2.45, 2.75) is 12.7 Å². The number of hydrogen-bond acceptors (Lipinski definition) is 3. The fraction of sp³-hybridized carbons (Fsp3) is 0.0645. The minimum atomic E-state index is -4.47. The van der Waals surface area contributed by atoms with Crippen LogP contribution in [0.25, 0.3) is 22.4 Å². The second-order valence-corrected chi connectivity index (χ2v) is 10.0. The van der Waals surface area contributed by atoms with Crippen LogP contribution in [0.5, 0.6) is 0 Å². The SMILES string of the molecule is O=C(O)c1ccc(Cn2cc(-c3ccc(Cl)cc3Cl)nc2C(=O)c2ccc(-c3cccc(C(F)(F)F)c3)cc2)cc1. The summed E-state index contributed by atoms with van der Waals surface area (Å²) in [5, 5.41) is 9.98. The molecule has 1 heterocycles. The zero-order chi connectivity index (χ0) is 29.3. The van der Waals surface area contributed by atoms with Crippen molar-refractivity contribution in [3.05, 3.63) is 135 Å². The van der Waals surface area contributed by atoms with E-state index in [1.807, 2.05) is 0 Å². The van der Waals surface area contributed by atoms with E-state index in [1.165, 1.54) is 30.3 Å². The molecule has 41 heavy (non-hydrogen) atoms. The highest BCUT2D eigenvalue weighted by Gasteiger charge is 2.30. The fourth-order valence-corrected chi connectivity index (χ4v) is 4.82. The Bertz CT molecular complexity index is 1760. The summed E-state index contributed by atoms with van der Waals surface area (Å²) in [4.78, 5) is 29.5. The van der Waals surface area contributed by atoms with E-state index < -0.39 is 23.5 Å². The Hall–Kier alpha value is -4.40. The normalized spacial score (nSPS) is 11.4. The molecule has 0 aliphatic carbocycles. The topological polar surface area (TPSA) is 72.2 Å². The van der Waals surface area contributed by atoms with E-state index in [-0.39, 0.29) is 23.5 Å². The summed E-state index contributed by atoms with van der Waals surface area (Å²) in [5.41, 5.74) is 2.25. The van der Waals surface area contributed by atoms with Gasteiger partial charge >= 0.3 is 12.1 Å². The van der Waals surface area contributed by atoms with Crippen molar-refractivity contribution < 1.29 is 27.9 Å². The number of rotatable bonds is 7. The molecule has 1 aromatic heterocycles. The Kier molecular flexibility index (Phi) is 7.71. The number of aromatic nitrogens is 2. The van der Waals surface area contributed by atoms with Crippen molar-refractivity contribution in [1.29, 1.82) is 0 Å². The van der Waals surface area contributed by atoms with E-state index in [0.717, 1.165) is 17.7 Å². The number of carbonyl (C=O) groups excluding carboxylic acids is 1. The van der Waals surface area contributed by atoms with Gasteiger partial charge in [0.15, 0.2) is 5.82 Å². The van der Waals surface area contributed by atoms with Crippen LogP contribution in [0.15, 0.2) is 97.2 Å². The summed E-state index contributed by atoms with van der Waals surface area (Å²) in [6.45, 7) is 0.210. The summed E-state index contributed by atoms with van der Waals surface area (Å²) in [7, 11) is 0. The average molecular weight is 595 g/mol. The van der Waals surface area contributed by atoms with Crippen LogP contribution in [0.1, 0.15) is 37.7 Å². The Morgan fingerprint density at radius 1 is 0.829 bits per heavy atom. The summed E-state index contributed by atoms with van der Waals surface area (Å²) < 4.78 is 41.1. The van der Waals surface area contributed by atoms with Crippen molar-refractivity contribution in [1.82, 2.24) is 9.55 Å². The Balaban J connectivity index is 1.50. The first-order chi connectivity index (χ1) is 19.5. The first kappa shape index (κ1) is 28.1. The molecule has 206 valence electrons. The predicted molar refractivity (Wildman–Crippen MR) is 150 cm³/mol. The Labute approximate surface area is 242 Å². The molecule has 0 spiro atoms. The molecule has 0 fully saturated rings. The van der Waals surface area contributed by atoms with E-state index in [0.29, 0.717) is 32.4 Å². The lowest BCUT2D eigenvalue weighted by Crippen LogP contribution is -2.12. The van der Waals surface area contributed by atoms with Crippen LogP contribution < -0.4 is 0 Å². The quantitative estimate of drug-likeness (QED) is 0.192. The third kappa shape index (κ3) is 6.19. The fourth-order valence-electron chi connectivity index (χ4n) is 4.31. The number of aromatic carboxylic acids is 1. The molecule has 5 aromatic rings. The number of halogens is 5. The van der Waals surface area contributed by atoms with Crippen molar-refractivity contribution >= 4 is 35.0 Å². The molecule has 1 N–H and O–H groups in total. The molecule has 5 rings (SSSR count). The molecular formula is C31H19Cl2F3N2O3. The van der Waals surface area contributed by atoms with Gasteiger partial charge in [0.25, 0.3) is 0 Å². The maximum atomic E-state index is 13.7. The highest BCUT2D eigenvalue weighted by atomic mass is 35.5. The largest absolute Gasteiger partial charge is 0.478 e. The van der Waals surface area contributed by atoms with Crippen LogP contribution >= 0.6 is 23.2 Å². The summed E-state index contributed by atoms with van der Waals surface area (Å²) in [6.07, 6.45) is -2.80. The van der Waals surface area contributed by atoms with E-state index in [9.17, 15) is 27.9 Å². The maximum absolute atomic E-state index is 13.7. The van der Waals surface area contributed by atoms with Crippen molar-refractivity contribution in [3.8, 4) is 22.4 Å². The van der Waals surface area contributed by atoms with Gasteiger partial charge in [-0.05, 0) is 59.2 Å². The van der Waals surface area contributed by atoms with Gasteiger partial charge in [0.2, 0.25) is 5.78 Å². The number of carbonyl (C=O) groups is 2. The molecule has 0 saturated heterocycles. The summed E-state index contributed by atoms with van der Waals surface area (Å²) in [6, 6.07) is 22.3. The highest BCUT2D eigenvalue weighted by Crippen LogP contribution is 2.33. The van der Waals surface area contributed by atoms with Crippen LogP contribution in [-0.2, 0) is 12.7 Å². The van der Waals surface area contributed by atoms with Gasteiger partial charge in [-0.3, -0.25) is 4.79 Å². The van der Waals surface area contributed by atoms with Gasteiger partial charge in [-0.1, -0.05) is 71.7 Å². The molecular weight excluding hydrogens is 576 g/mol. The molecule has 0 radical (unpaired) electrons. The second-order valence-electron chi connectivity index (χ2n) is 9.19. The molecule has 0 bridgehead atoms. The molecule has 0 aliphatic heterocycles. The van der Waals surface area contributed by atoms with Crippen LogP contribution in [0.3, 0.4) is 0 Å². The second kappa shape index (κ2) is 11.2. The zero-order valence-electron chi connectivity index (χ0n) is 21.0. The summed E-state index contributed by atoms with van der Waals surface area (Å²) >= 11 is 12.4. The first-order valence-corrected chi connectivity index (χ1v) is 12.9. The van der Waals surface area contributed by atoms with Gasteiger partial charge in [-0.25, -0.2) is 9.78 Å². The van der Waals surface area contributed by atoms with Crippen molar-refractivity contribution in [2.75, 3.05) is 0 Å². The predicted octanol–water partition coefficient (Wildman–Crippen LogP) is 8.52. The zero-order valence-corrected chi connectivity index (χ0v) is 22.5. The van der Waals surface area contributed by atoms with Crippen molar-refractivity contribution in [2.24, 2.45) is 0 Å². The third-order valence-electron chi connectivity index (χ3n) is 6.41. The van der Waals surface area contributed by atoms with Gasteiger partial charge in [0.05, 0.1) is 21.8 Å². The van der Waals surface area contributed by atoms with E-state index in [4.69, 9.17) is 23.2 Å². The highest BCUT2D eigenvalue weighted by molar-refractivity contribution is 6.36. The maximum Gasteiger partial charge on any atom is 0.416 e. The van der Waals surface area contributed by atoms with Crippen LogP contribution in [0, 0.1) is 0 Å². The van der Waals surface area contributed by atoms with Gasteiger partial charge in [-0.2, -0.15) is 13.2 Å². The minimum absolute atomic E-state index is 0.0974. The first-order valence-electron chi connectivity index (χ1n) is 12.2. The third-order valence-corrected chi connectivity index (χ3v) is 6.96. The smallest absolute Gasteiger partial charge is 0.416 e. The molecule has 10 heteroatoms. The minimum Gasteiger partial charge on any atom is -0.478 e. The van der Waals surface area contributed by atoms with Gasteiger partial charge < -0.3 is 9.67 Å². The summed E-state index contributed by atoms with van der Waals surface area (Å²) in [5.74, 6) is -1.37. The molecule has 0 aliphatic rings. The standard InChI is InChI=1S/C31H19Cl2F3N2O3/c32-24-12-13-25(26(33)15-24)27-17-38(16-18-4-6-21(7-5-18)30(40)41)29(37-27)28(39)20-10-8-19(9-11-20)22-2-1-3-23(14-22)31(34,35)36/h1-15,17H,16H2,(H,40,41). The number of alkyl halides is 3. The van der Waals surface area contributed by atoms with E-state index >= 15 is 0 Å². The van der Waals surface area contributed by atoms with Crippen LogP contribution in [-0.4, -0.2) is 26.4 Å². The Morgan fingerprint density at radius 3 is 2.15 bits per heavy atom. The number of ketones is 1. The lowest BCUT2D eigenvalue weighted by molar-refractivity contribution is -0.137. The van der Waals surface area contributed by atoms with E-state index in [1.54, 1.807) is 59.3 Å². The number of carboxylic acids is 1. The molecule has 0 unspecified atom stereocenters. The molecule has 0 amide bonds. The average Bonchev–Trinajstić information content (AvgIpc) is 3.35. The monoisotopic (exact) mass is 594 g/mol.